The van der Waals surface area contributed by atoms with Gasteiger partial charge in [-0.1, -0.05) is 0 Å². The molecule has 0 amide bonds. The topological polar surface area (TPSA) is 26.0 Å². The molecule has 0 heterocycles. The van der Waals surface area contributed by atoms with Crippen molar-refractivity contribution in [3.05, 3.63) is 28.0 Å². The Morgan fingerprint density at radius 3 is 2.23 bits per heavy atom. The second-order valence-electron chi connectivity index (χ2n) is 2.33. The van der Waals surface area contributed by atoms with Crippen molar-refractivity contribution in [1.82, 2.24) is 0 Å². The highest BCUT2D eigenvalue weighted by Crippen LogP contribution is 2.37. The van der Waals surface area contributed by atoms with E-state index >= 15 is 0 Å². The predicted octanol–water partition coefficient (Wildman–Crippen LogP) is 3.19. The van der Waals surface area contributed by atoms with Gasteiger partial charge in [-0.3, -0.25) is 0 Å². The summed E-state index contributed by atoms with van der Waals surface area (Å²) in [7, 11) is 0. The average Bonchev–Trinajstić information content (AvgIpc) is 1.98. The lowest BCUT2D eigenvalue weighted by Gasteiger charge is -2.10. The minimum absolute atomic E-state index is 0.320. The first kappa shape index (κ1) is 10.3. The summed E-state index contributed by atoms with van der Waals surface area (Å²) in [6.45, 7) is 0. The number of anilines is 1. The molecule has 1 aromatic rings. The minimum atomic E-state index is -4.58. The molecule has 0 aromatic heterocycles. The Kier molecular flexibility index (Phi) is 2.51. The van der Waals surface area contributed by atoms with Gasteiger partial charge in [0.15, 0.2) is 5.82 Å². The van der Waals surface area contributed by atoms with Crippen LogP contribution in [0.1, 0.15) is 5.56 Å². The maximum Gasteiger partial charge on any atom is 0.417 e. The molecule has 1 nitrogen and oxygen atoms in total. The maximum atomic E-state index is 12.8. The van der Waals surface area contributed by atoms with Gasteiger partial charge in [-0.15, -0.1) is 0 Å². The fraction of sp³-hybridized carbons (Fsp3) is 0.143. The number of alkyl halides is 3. The molecule has 1 rings (SSSR count). The van der Waals surface area contributed by atoms with Crippen LogP contribution in [-0.4, -0.2) is 0 Å². The van der Waals surface area contributed by atoms with E-state index in [0.29, 0.717) is 0 Å². The molecule has 0 aliphatic carbocycles. The molecule has 0 radical (unpaired) electrons. The van der Waals surface area contributed by atoms with E-state index in [0.717, 1.165) is 12.1 Å². The van der Waals surface area contributed by atoms with Crippen molar-refractivity contribution in [2.75, 3.05) is 5.73 Å². The third kappa shape index (κ3) is 1.93. The Morgan fingerprint density at radius 1 is 1.23 bits per heavy atom. The molecule has 0 atom stereocenters. The molecule has 1 aromatic carbocycles. The van der Waals surface area contributed by atoms with Crippen LogP contribution in [0.5, 0.6) is 0 Å². The summed E-state index contributed by atoms with van der Waals surface area (Å²) in [6.07, 6.45) is -4.58. The van der Waals surface area contributed by atoms with E-state index in [1.807, 2.05) is 0 Å². The van der Waals surface area contributed by atoms with Crippen LogP contribution in [0.15, 0.2) is 16.6 Å². The van der Waals surface area contributed by atoms with E-state index < -0.39 is 22.0 Å². The molecule has 0 bridgehead atoms. The average molecular weight is 258 g/mol. The number of benzene rings is 1. The van der Waals surface area contributed by atoms with Gasteiger partial charge in [0.25, 0.3) is 0 Å². The second-order valence-corrected chi connectivity index (χ2v) is 3.12. The van der Waals surface area contributed by atoms with Crippen molar-refractivity contribution in [3.63, 3.8) is 0 Å². The summed E-state index contributed by atoms with van der Waals surface area (Å²) < 4.78 is 48.6. The SMILES string of the molecule is Nc1ccc(C(F)(F)F)c(Br)c1F. The highest BCUT2D eigenvalue weighted by molar-refractivity contribution is 9.10. The first-order valence-corrected chi connectivity index (χ1v) is 3.94. The second kappa shape index (κ2) is 3.17. The van der Waals surface area contributed by atoms with Gasteiger partial charge in [-0.2, -0.15) is 13.2 Å². The summed E-state index contributed by atoms with van der Waals surface area (Å²) >= 11 is 2.49. The fourth-order valence-corrected chi connectivity index (χ4v) is 1.37. The largest absolute Gasteiger partial charge is 0.417 e. The van der Waals surface area contributed by atoms with E-state index in [9.17, 15) is 17.6 Å². The summed E-state index contributed by atoms with van der Waals surface area (Å²) in [5.74, 6) is -1.09. The van der Waals surface area contributed by atoms with Gasteiger partial charge >= 0.3 is 6.18 Å². The van der Waals surface area contributed by atoms with Crippen molar-refractivity contribution in [1.29, 1.82) is 0 Å². The van der Waals surface area contributed by atoms with Crippen LogP contribution in [0.2, 0.25) is 0 Å². The van der Waals surface area contributed by atoms with Gasteiger partial charge in [0.05, 0.1) is 15.7 Å². The van der Waals surface area contributed by atoms with Gasteiger partial charge in [-0.25, -0.2) is 4.39 Å². The molecule has 0 saturated heterocycles. The molecule has 0 unspecified atom stereocenters. The Bertz CT molecular complexity index is 334. The molecule has 0 aliphatic heterocycles. The zero-order valence-electron chi connectivity index (χ0n) is 6.12. The van der Waals surface area contributed by atoms with E-state index in [1.54, 1.807) is 0 Å². The molecule has 2 N–H and O–H groups in total. The number of hydrogen-bond acceptors (Lipinski definition) is 1. The van der Waals surface area contributed by atoms with Crippen LogP contribution < -0.4 is 5.73 Å². The normalized spacial score (nSPS) is 11.8. The van der Waals surface area contributed by atoms with Gasteiger partial charge in [0.1, 0.15) is 0 Å². The maximum absolute atomic E-state index is 12.8. The quantitative estimate of drug-likeness (QED) is 0.561. The van der Waals surface area contributed by atoms with Crippen LogP contribution in [0.25, 0.3) is 0 Å². The monoisotopic (exact) mass is 257 g/mol. The van der Waals surface area contributed by atoms with Crippen LogP contribution in [0.3, 0.4) is 0 Å². The Labute approximate surface area is 79.7 Å². The van der Waals surface area contributed by atoms with Crippen LogP contribution in [0.4, 0.5) is 23.2 Å². The first-order chi connectivity index (χ1) is 5.84. The zero-order chi connectivity index (χ0) is 10.2. The van der Waals surface area contributed by atoms with Crippen molar-refractivity contribution < 1.29 is 17.6 Å². The first-order valence-electron chi connectivity index (χ1n) is 3.14. The number of halogens is 5. The molecule has 0 saturated carbocycles. The number of hydrogen-bond donors (Lipinski definition) is 1. The molecule has 6 heteroatoms. The van der Waals surface area contributed by atoms with E-state index in [-0.39, 0.29) is 5.69 Å². The van der Waals surface area contributed by atoms with Gasteiger partial charge in [0.2, 0.25) is 0 Å². The molecule has 0 fully saturated rings. The smallest absolute Gasteiger partial charge is 0.396 e. The van der Waals surface area contributed by atoms with E-state index in [4.69, 9.17) is 5.73 Å². The minimum Gasteiger partial charge on any atom is -0.396 e. The third-order valence-electron chi connectivity index (χ3n) is 1.42. The lowest BCUT2D eigenvalue weighted by molar-refractivity contribution is -0.138. The zero-order valence-corrected chi connectivity index (χ0v) is 7.71. The molecule has 13 heavy (non-hydrogen) atoms. The van der Waals surface area contributed by atoms with Gasteiger partial charge in [0, 0.05) is 0 Å². The van der Waals surface area contributed by atoms with Crippen molar-refractivity contribution in [2.45, 2.75) is 6.18 Å². The van der Waals surface area contributed by atoms with Crippen molar-refractivity contribution in [2.24, 2.45) is 0 Å². The summed E-state index contributed by atoms with van der Waals surface area (Å²) in [4.78, 5) is 0. The Morgan fingerprint density at radius 2 is 1.77 bits per heavy atom. The molecule has 0 aliphatic rings. The molecular weight excluding hydrogens is 254 g/mol. The van der Waals surface area contributed by atoms with E-state index in [1.165, 1.54) is 0 Å². The highest BCUT2D eigenvalue weighted by Gasteiger charge is 2.34. The molecule has 0 spiro atoms. The van der Waals surface area contributed by atoms with Crippen LogP contribution in [-0.2, 0) is 6.18 Å². The molecular formula is C7H4BrF4N. The van der Waals surface area contributed by atoms with E-state index in [2.05, 4.69) is 15.9 Å². The fourth-order valence-electron chi connectivity index (χ4n) is 0.783. The highest BCUT2D eigenvalue weighted by atomic mass is 79.9. The van der Waals surface area contributed by atoms with Gasteiger partial charge < -0.3 is 5.73 Å². The van der Waals surface area contributed by atoms with Crippen LogP contribution >= 0.6 is 15.9 Å². The summed E-state index contributed by atoms with van der Waals surface area (Å²) in [5.41, 5.74) is 3.67. The standard InChI is InChI=1S/C7H4BrF4N/c8-5-3(7(10,11)12)1-2-4(13)6(5)9/h1-2H,13H2. The Balaban J connectivity index is 3.35. The van der Waals surface area contributed by atoms with Gasteiger partial charge in [-0.05, 0) is 28.1 Å². The Hall–Kier alpha value is -0.780. The van der Waals surface area contributed by atoms with Crippen LogP contribution in [0, 0.1) is 5.82 Å². The third-order valence-corrected chi connectivity index (χ3v) is 2.19. The van der Waals surface area contributed by atoms with Crippen molar-refractivity contribution >= 4 is 21.6 Å². The molecule has 72 valence electrons. The summed E-state index contributed by atoms with van der Waals surface area (Å²) in [5, 5.41) is 0. The number of nitrogen functional groups attached to an aromatic ring is 1. The summed E-state index contributed by atoms with van der Waals surface area (Å²) in [6, 6.07) is 1.60. The number of nitrogens with two attached hydrogens (primary N) is 1. The number of rotatable bonds is 0. The van der Waals surface area contributed by atoms with Crippen molar-refractivity contribution in [3.8, 4) is 0 Å². The lowest BCUT2D eigenvalue weighted by Crippen LogP contribution is -2.08. The lowest BCUT2D eigenvalue weighted by atomic mass is 10.2. The predicted molar refractivity (Wildman–Crippen MR) is 43.5 cm³/mol.